The Bertz CT molecular complexity index is 398. The van der Waals surface area contributed by atoms with Crippen LogP contribution >= 0.6 is 0 Å². The maximum Gasteiger partial charge on any atom is 0.0991 e. The summed E-state index contributed by atoms with van der Waals surface area (Å²) in [6.07, 6.45) is 3.35. The highest BCUT2D eigenvalue weighted by Crippen LogP contribution is 2.13. The Morgan fingerprint density at radius 1 is 1.32 bits per heavy atom. The molecule has 1 N–H and O–H groups in total. The number of rotatable bonds is 9. The lowest BCUT2D eigenvalue weighted by atomic mass is 10.1. The van der Waals surface area contributed by atoms with E-state index < -0.39 is 0 Å². The van der Waals surface area contributed by atoms with Gasteiger partial charge in [-0.15, -0.1) is 0 Å². The summed E-state index contributed by atoms with van der Waals surface area (Å²) in [5.41, 5.74) is 1.88. The van der Waals surface area contributed by atoms with Crippen molar-refractivity contribution >= 4 is 0 Å². The van der Waals surface area contributed by atoms with Gasteiger partial charge in [0.15, 0.2) is 0 Å². The van der Waals surface area contributed by atoms with E-state index >= 15 is 0 Å². The summed E-state index contributed by atoms with van der Waals surface area (Å²) in [6.45, 7) is 6.91. The molecule has 3 heteroatoms. The van der Waals surface area contributed by atoms with Crippen molar-refractivity contribution in [1.82, 2.24) is 5.32 Å². The normalized spacial score (nSPS) is 12.1. The summed E-state index contributed by atoms with van der Waals surface area (Å²) < 4.78 is 5.52. The third-order valence-electron chi connectivity index (χ3n) is 3.07. The molecule has 0 saturated heterocycles. The summed E-state index contributed by atoms with van der Waals surface area (Å²) in [7, 11) is 0. The maximum absolute atomic E-state index is 8.87. The van der Waals surface area contributed by atoms with Crippen molar-refractivity contribution in [1.29, 1.82) is 5.26 Å². The molecule has 0 amide bonds. The van der Waals surface area contributed by atoms with Gasteiger partial charge in [0.25, 0.3) is 0 Å². The van der Waals surface area contributed by atoms with Gasteiger partial charge in [0.1, 0.15) is 0 Å². The van der Waals surface area contributed by atoms with Crippen LogP contribution in [0.1, 0.15) is 50.3 Å². The summed E-state index contributed by atoms with van der Waals surface area (Å²) in [5, 5.41) is 12.3. The topological polar surface area (TPSA) is 45.0 Å². The van der Waals surface area contributed by atoms with Crippen LogP contribution in [0.4, 0.5) is 0 Å². The van der Waals surface area contributed by atoms with E-state index in [-0.39, 0.29) is 6.04 Å². The van der Waals surface area contributed by atoms with Crippen molar-refractivity contribution in [3.63, 3.8) is 0 Å². The number of nitrogens with one attached hydrogen (secondary N) is 1. The first-order valence-corrected chi connectivity index (χ1v) is 7.09. The van der Waals surface area contributed by atoms with Crippen molar-refractivity contribution in [2.45, 2.75) is 39.2 Å². The highest BCUT2D eigenvalue weighted by molar-refractivity contribution is 5.33. The van der Waals surface area contributed by atoms with Gasteiger partial charge in [-0.1, -0.05) is 25.5 Å². The molecule has 19 heavy (non-hydrogen) atoms. The number of benzene rings is 1. The molecule has 0 aromatic heterocycles. The van der Waals surface area contributed by atoms with Crippen LogP contribution in [-0.2, 0) is 4.74 Å². The van der Waals surface area contributed by atoms with Crippen molar-refractivity contribution in [3.05, 3.63) is 35.4 Å². The van der Waals surface area contributed by atoms with Gasteiger partial charge in [-0.3, -0.25) is 0 Å². The predicted octanol–water partition coefficient (Wildman–Crippen LogP) is 3.42. The van der Waals surface area contributed by atoms with Gasteiger partial charge in [0, 0.05) is 19.3 Å². The third-order valence-corrected chi connectivity index (χ3v) is 3.07. The van der Waals surface area contributed by atoms with Crippen LogP contribution in [0.3, 0.4) is 0 Å². The number of hydrogen-bond donors (Lipinski definition) is 1. The Morgan fingerprint density at radius 3 is 2.84 bits per heavy atom. The van der Waals surface area contributed by atoms with E-state index in [1.165, 1.54) is 6.42 Å². The molecule has 0 saturated carbocycles. The smallest absolute Gasteiger partial charge is 0.0991 e. The van der Waals surface area contributed by atoms with Gasteiger partial charge in [0.2, 0.25) is 0 Å². The minimum atomic E-state index is 0.268. The fraction of sp³-hybridized carbons (Fsp3) is 0.562. The first-order valence-electron chi connectivity index (χ1n) is 7.09. The van der Waals surface area contributed by atoms with Crippen LogP contribution in [0.2, 0.25) is 0 Å². The van der Waals surface area contributed by atoms with E-state index in [1.54, 1.807) is 0 Å². The largest absolute Gasteiger partial charge is 0.381 e. The molecule has 104 valence electrons. The molecule has 0 fully saturated rings. The maximum atomic E-state index is 8.87. The Morgan fingerprint density at radius 2 is 2.11 bits per heavy atom. The van der Waals surface area contributed by atoms with E-state index in [0.29, 0.717) is 5.56 Å². The van der Waals surface area contributed by atoms with E-state index in [1.807, 2.05) is 18.2 Å². The minimum Gasteiger partial charge on any atom is -0.381 e. The van der Waals surface area contributed by atoms with Gasteiger partial charge in [-0.2, -0.15) is 5.26 Å². The Labute approximate surface area is 116 Å². The van der Waals surface area contributed by atoms with E-state index in [2.05, 4.69) is 31.3 Å². The van der Waals surface area contributed by atoms with Crippen molar-refractivity contribution in [2.75, 3.05) is 19.8 Å². The Balaban J connectivity index is 2.20. The second kappa shape index (κ2) is 9.55. The zero-order valence-electron chi connectivity index (χ0n) is 12.0. The number of unbranched alkanes of at least 4 members (excludes halogenated alkanes) is 1. The lowest BCUT2D eigenvalue weighted by Gasteiger charge is -2.14. The number of hydrogen-bond acceptors (Lipinski definition) is 3. The molecular formula is C16H24N2O. The highest BCUT2D eigenvalue weighted by Gasteiger charge is 2.04. The molecule has 0 aliphatic heterocycles. The van der Waals surface area contributed by atoms with Gasteiger partial charge in [0.05, 0.1) is 11.6 Å². The van der Waals surface area contributed by atoms with Crippen molar-refractivity contribution in [2.24, 2.45) is 0 Å². The van der Waals surface area contributed by atoms with Crippen molar-refractivity contribution < 1.29 is 4.74 Å². The summed E-state index contributed by atoms with van der Waals surface area (Å²) >= 11 is 0. The molecule has 0 heterocycles. The van der Waals surface area contributed by atoms with E-state index in [0.717, 1.165) is 38.2 Å². The molecular weight excluding hydrogens is 236 g/mol. The quantitative estimate of drug-likeness (QED) is 0.692. The average Bonchev–Trinajstić information content (AvgIpc) is 2.46. The van der Waals surface area contributed by atoms with Gasteiger partial charge < -0.3 is 10.1 Å². The molecule has 0 bridgehead atoms. The van der Waals surface area contributed by atoms with Gasteiger partial charge >= 0.3 is 0 Å². The fourth-order valence-corrected chi connectivity index (χ4v) is 1.84. The monoisotopic (exact) mass is 260 g/mol. The molecule has 0 radical (unpaired) electrons. The van der Waals surface area contributed by atoms with Crippen LogP contribution in [0.15, 0.2) is 24.3 Å². The zero-order chi connectivity index (χ0) is 13.9. The van der Waals surface area contributed by atoms with Gasteiger partial charge in [-0.25, -0.2) is 0 Å². The molecule has 0 aliphatic rings. The Hall–Kier alpha value is -1.37. The number of nitriles is 1. The standard InChI is InChI=1S/C16H24N2O/c1-3-4-10-19-11-6-9-18-14(2)16-8-5-7-15(12-16)13-17/h5,7-8,12,14,18H,3-4,6,9-11H2,1-2H3. The SMILES string of the molecule is CCCCOCCCNC(C)c1cccc(C#N)c1. The van der Waals surface area contributed by atoms with Crippen LogP contribution in [0, 0.1) is 11.3 Å². The lowest BCUT2D eigenvalue weighted by molar-refractivity contribution is 0.128. The Kier molecular flexibility index (Phi) is 7.88. The summed E-state index contributed by atoms with van der Waals surface area (Å²) in [6, 6.07) is 10.2. The second-order valence-corrected chi connectivity index (χ2v) is 4.73. The molecule has 1 aromatic carbocycles. The van der Waals surface area contributed by atoms with E-state index in [9.17, 15) is 0 Å². The molecule has 0 aliphatic carbocycles. The van der Waals surface area contributed by atoms with E-state index in [4.69, 9.17) is 10.00 Å². The molecule has 1 unspecified atom stereocenters. The van der Waals surface area contributed by atoms with Crippen LogP contribution in [0.25, 0.3) is 0 Å². The summed E-state index contributed by atoms with van der Waals surface area (Å²) in [5.74, 6) is 0. The van der Waals surface area contributed by atoms with Crippen molar-refractivity contribution in [3.8, 4) is 6.07 Å². The predicted molar refractivity (Wildman–Crippen MR) is 77.9 cm³/mol. The van der Waals surface area contributed by atoms with Crippen LogP contribution in [-0.4, -0.2) is 19.8 Å². The lowest BCUT2D eigenvalue weighted by Crippen LogP contribution is -2.21. The first-order chi connectivity index (χ1) is 9.27. The van der Waals surface area contributed by atoms with Crippen LogP contribution in [0.5, 0.6) is 0 Å². The van der Waals surface area contributed by atoms with Crippen LogP contribution < -0.4 is 5.32 Å². The average molecular weight is 260 g/mol. The molecule has 1 atom stereocenters. The molecule has 1 aromatic rings. The first kappa shape index (κ1) is 15.7. The molecule has 0 spiro atoms. The summed E-state index contributed by atoms with van der Waals surface area (Å²) in [4.78, 5) is 0. The molecule has 3 nitrogen and oxygen atoms in total. The second-order valence-electron chi connectivity index (χ2n) is 4.73. The molecule has 1 rings (SSSR count). The number of ether oxygens (including phenoxy) is 1. The minimum absolute atomic E-state index is 0.268. The highest BCUT2D eigenvalue weighted by atomic mass is 16.5. The third kappa shape index (κ3) is 6.37. The number of nitrogens with zero attached hydrogens (tertiary/aromatic N) is 1. The fourth-order valence-electron chi connectivity index (χ4n) is 1.84. The van der Waals surface area contributed by atoms with Gasteiger partial charge in [-0.05, 0) is 44.0 Å². The zero-order valence-corrected chi connectivity index (χ0v) is 12.0.